The van der Waals surface area contributed by atoms with Crippen LogP contribution in [0.2, 0.25) is 0 Å². The average Bonchev–Trinajstić information content (AvgIpc) is 3.31. The summed E-state index contributed by atoms with van der Waals surface area (Å²) >= 11 is 0. The summed E-state index contributed by atoms with van der Waals surface area (Å²) in [6.45, 7) is 0. The second-order valence-corrected chi connectivity index (χ2v) is 15.0. The molecule has 2 nitrogen and oxygen atoms in total. The van der Waals surface area contributed by atoms with Crippen LogP contribution < -0.4 is 9.80 Å². The van der Waals surface area contributed by atoms with Crippen LogP contribution in [-0.4, -0.2) is 0 Å². The molecule has 11 aromatic rings. The first-order chi connectivity index (χ1) is 29.2. The third-order valence-electron chi connectivity index (χ3n) is 11.6. The third-order valence-corrected chi connectivity index (χ3v) is 11.6. The average molecular weight is 773 g/mol. The van der Waals surface area contributed by atoms with Crippen molar-refractivity contribution in [1.82, 2.24) is 0 Å². The number of fused-ring (bicyclic) bond motifs is 3. The minimum atomic E-state index is -0.297. The smallest absolute Gasteiger partial charge is 0.148 e. The molecular weight excluding hydrogens is 732 g/mol. The molecule has 0 atom stereocenters. The van der Waals surface area contributed by atoms with E-state index >= 15 is 4.39 Å². The summed E-state index contributed by atoms with van der Waals surface area (Å²) < 4.78 is 17.5. The standard InChI is InChI=1S/C56H37FN2.CH4/c57-50-37-41(38-18-6-1-7-19-38)36-49(39-20-8-2-9-21-39)56(50)59(44-26-14-5-15-27-44)51-35-33-47-45-28-16-17-29-46(45)55-52(34-31-40-30-32-48(51)54(47)53(40)55)58(42-22-10-3-11-23-42)43-24-12-4-13-25-43;/h1-37H;1H4. The van der Waals surface area contributed by atoms with Crippen LogP contribution in [0.15, 0.2) is 224 Å². The molecule has 0 radical (unpaired) electrons. The number of para-hydroxylation sites is 3. The summed E-state index contributed by atoms with van der Waals surface area (Å²) in [6, 6.07) is 77.6. The van der Waals surface area contributed by atoms with E-state index in [-0.39, 0.29) is 13.2 Å². The first-order valence-corrected chi connectivity index (χ1v) is 20.0. The van der Waals surface area contributed by atoms with Gasteiger partial charge in [-0.05, 0) is 98.9 Å². The number of rotatable bonds is 8. The Hall–Kier alpha value is -7.75. The minimum Gasteiger partial charge on any atom is -0.310 e. The SMILES string of the molecule is C.Fc1cc(-c2ccccc2)cc(-c2ccccc2)c1N(c1ccccc1)c1ccc2c3ccccc3c3c(N(c4ccccc4)c4ccccc4)ccc4ccc1c2c43. The number of halogens is 1. The first-order valence-electron chi connectivity index (χ1n) is 20.0. The zero-order valence-electron chi connectivity index (χ0n) is 32.1. The van der Waals surface area contributed by atoms with Crippen LogP contribution in [-0.2, 0) is 0 Å². The summed E-state index contributed by atoms with van der Waals surface area (Å²) in [6.07, 6.45) is 0. The highest BCUT2D eigenvalue weighted by Crippen LogP contribution is 2.52. The lowest BCUT2D eigenvalue weighted by atomic mass is 9.87. The van der Waals surface area contributed by atoms with Gasteiger partial charge >= 0.3 is 0 Å². The van der Waals surface area contributed by atoms with Crippen LogP contribution in [0.1, 0.15) is 7.43 Å². The van der Waals surface area contributed by atoms with E-state index in [4.69, 9.17) is 0 Å². The molecule has 60 heavy (non-hydrogen) atoms. The van der Waals surface area contributed by atoms with E-state index in [1.807, 2.05) is 66.7 Å². The minimum absolute atomic E-state index is 0. The van der Waals surface area contributed by atoms with E-state index in [9.17, 15) is 0 Å². The number of benzene rings is 11. The van der Waals surface area contributed by atoms with Gasteiger partial charge in [0.05, 0.1) is 17.1 Å². The Morgan fingerprint density at radius 2 is 0.783 bits per heavy atom. The van der Waals surface area contributed by atoms with Crippen LogP contribution in [0, 0.1) is 5.82 Å². The molecule has 0 amide bonds. The molecule has 0 heterocycles. The molecule has 0 aliphatic heterocycles. The van der Waals surface area contributed by atoms with Gasteiger partial charge in [-0.1, -0.05) is 171 Å². The van der Waals surface area contributed by atoms with Gasteiger partial charge < -0.3 is 9.80 Å². The van der Waals surface area contributed by atoms with Crippen LogP contribution in [0.25, 0.3) is 65.3 Å². The molecule has 0 N–H and O–H groups in total. The van der Waals surface area contributed by atoms with Gasteiger partial charge in [0.15, 0.2) is 0 Å². The van der Waals surface area contributed by atoms with Gasteiger partial charge in [0, 0.05) is 44.2 Å². The lowest BCUT2D eigenvalue weighted by Gasteiger charge is -2.31. The summed E-state index contributed by atoms with van der Waals surface area (Å²) in [7, 11) is 0. The van der Waals surface area contributed by atoms with Gasteiger partial charge in [-0.3, -0.25) is 0 Å². The van der Waals surface area contributed by atoms with Crippen molar-refractivity contribution in [1.29, 1.82) is 0 Å². The molecule has 0 bridgehead atoms. The third kappa shape index (κ3) is 6.02. The van der Waals surface area contributed by atoms with Crippen LogP contribution in [0.5, 0.6) is 0 Å². The second kappa shape index (κ2) is 15.2. The van der Waals surface area contributed by atoms with Crippen LogP contribution in [0.3, 0.4) is 0 Å². The Labute approximate surface area is 350 Å². The molecule has 0 spiro atoms. The Morgan fingerprint density at radius 1 is 0.317 bits per heavy atom. The quantitative estimate of drug-likeness (QED) is 0.112. The molecule has 286 valence electrons. The Kier molecular flexibility index (Phi) is 9.27. The maximum atomic E-state index is 17.5. The van der Waals surface area contributed by atoms with Crippen molar-refractivity contribution in [3.63, 3.8) is 0 Å². The molecule has 0 fully saturated rings. The molecule has 0 aliphatic rings. The molecule has 11 aromatic carbocycles. The van der Waals surface area contributed by atoms with E-state index in [1.165, 1.54) is 21.5 Å². The molecule has 0 aromatic heterocycles. The van der Waals surface area contributed by atoms with Crippen molar-refractivity contribution >= 4 is 77.2 Å². The predicted octanol–water partition coefficient (Wildman–Crippen LogP) is 16.8. The van der Waals surface area contributed by atoms with Crippen molar-refractivity contribution < 1.29 is 4.39 Å². The maximum Gasteiger partial charge on any atom is 0.148 e. The first kappa shape index (κ1) is 36.6. The molecule has 0 saturated carbocycles. The fourth-order valence-electron chi connectivity index (χ4n) is 9.06. The number of hydrogen-bond donors (Lipinski definition) is 0. The Morgan fingerprint density at radius 3 is 1.40 bits per heavy atom. The largest absolute Gasteiger partial charge is 0.310 e. The van der Waals surface area contributed by atoms with E-state index < -0.39 is 0 Å². The number of hydrogen-bond acceptors (Lipinski definition) is 2. The van der Waals surface area contributed by atoms with Crippen LogP contribution in [0.4, 0.5) is 38.5 Å². The zero-order valence-corrected chi connectivity index (χ0v) is 32.1. The van der Waals surface area contributed by atoms with Gasteiger partial charge in [-0.15, -0.1) is 0 Å². The van der Waals surface area contributed by atoms with Crippen LogP contribution >= 0.6 is 0 Å². The van der Waals surface area contributed by atoms with Gasteiger partial charge in [0.1, 0.15) is 5.82 Å². The van der Waals surface area contributed by atoms with E-state index in [1.54, 1.807) is 6.07 Å². The number of nitrogens with zero attached hydrogens (tertiary/aromatic N) is 2. The molecule has 11 rings (SSSR count). The molecule has 0 saturated heterocycles. The summed E-state index contributed by atoms with van der Waals surface area (Å²) in [5.41, 5.74) is 9.08. The summed E-state index contributed by atoms with van der Waals surface area (Å²) in [5, 5.41) is 9.23. The molecular formula is C57H41FN2. The maximum absolute atomic E-state index is 17.5. The molecule has 0 aliphatic carbocycles. The normalized spacial score (nSPS) is 11.3. The number of anilines is 6. The topological polar surface area (TPSA) is 6.48 Å². The zero-order chi connectivity index (χ0) is 39.3. The fraction of sp³-hybridized carbons (Fsp3) is 0.0175. The van der Waals surface area contributed by atoms with E-state index in [2.05, 4.69) is 161 Å². The fourth-order valence-corrected chi connectivity index (χ4v) is 9.06. The monoisotopic (exact) mass is 772 g/mol. The lowest BCUT2D eigenvalue weighted by Crippen LogP contribution is -2.14. The predicted molar refractivity (Wildman–Crippen MR) is 255 cm³/mol. The highest BCUT2D eigenvalue weighted by atomic mass is 19.1. The lowest BCUT2D eigenvalue weighted by molar-refractivity contribution is 0.630. The highest BCUT2D eigenvalue weighted by Gasteiger charge is 2.27. The van der Waals surface area contributed by atoms with Crippen molar-refractivity contribution in [3.05, 3.63) is 230 Å². The molecule has 3 heteroatoms. The van der Waals surface area contributed by atoms with Crippen molar-refractivity contribution in [3.8, 4) is 22.3 Å². The van der Waals surface area contributed by atoms with Crippen molar-refractivity contribution in [2.75, 3.05) is 9.80 Å². The summed E-state index contributed by atoms with van der Waals surface area (Å²) in [5.74, 6) is -0.297. The Bertz CT molecular complexity index is 3220. The Balaban J connectivity index is 0.00000433. The van der Waals surface area contributed by atoms with Gasteiger partial charge in [0.2, 0.25) is 0 Å². The van der Waals surface area contributed by atoms with Crippen molar-refractivity contribution in [2.24, 2.45) is 0 Å². The van der Waals surface area contributed by atoms with Gasteiger partial charge in [-0.2, -0.15) is 0 Å². The highest BCUT2D eigenvalue weighted by molar-refractivity contribution is 6.37. The van der Waals surface area contributed by atoms with E-state index in [0.29, 0.717) is 5.69 Å². The molecule has 0 unspecified atom stereocenters. The van der Waals surface area contributed by atoms with Crippen molar-refractivity contribution in [2.45, 2.75) is 7.43 Å². The van der Waals surface area contributed by atoms with Gasteiger partial charge in [-0.25, -0.2) is 4.39 Å². The summed E-state index contributed by atoms with van der Waals surface area (Å²) in [4.78, 5) is 4.49. The second-order valence-electron chi connectivity index (χ2n) is 15.0. The van der Waals surface area contributed by atoms with Gasteiger partial charge in [0.25, 0.3) is 0 Å². The van der Waals surface area contributed by atoms with E-state index in [0.717, 1.165) is 72.2 Å².